The van der Waals surface area contributed by atoms with Crippen molar-refractivity contribution in [2.75, 3.05) is 0 Å². The Morgan fingerprint density at radius 1 is 1.28 bits per heavy atom. The standard InChI is InChI=1S/C13H16BrN3O/c1-8(2)12(15)13-16-11(17-18-13)7-9-3-5-10(14)6-4-9/h3-6,8,12H,7,15H2,1-2H3/t12-/m0/s1. The van der Waals surface area contributed by atoms with Crippen molar-refractivity contribution in [2.24, 2.45) is 11.7 Å². The fourth-order valence-electron chi connectivity index (χ4n) is 1.54. The lowest BCUT2D eigenvalue weighted by atomic mass is 10.1. The molecule has 2 N–H and O–H groups in total. The molecule has 0 aliphatic carbocycles. The average Bonchev–Trinajstić information content (AvgIpc) is 2.79. The summed E-state index contributed by atoms with van der Waals surface area (Å²) in [5.41, 5.74) is 7.10. The van der Waals surface area contributed by atoms with Gasteiger partial charge in [-0.2, -0.15) is 4.98 Å². The fourth-order valence-corrected chi connectivity index (χ4v) is 1.81. The maximum atomic E-state index is 5.96. The fraction of sp³-hybridized carbons (Fsp3) is 0.385. The molecule has 0 bridgehead atoms. The largest absolute Gasteiger partial charge is 0.338 e. The van der Waals surface area contributed by atoms with E-state index >= 15 is 0 Å². The van der Waals surface area contributed by atoms with Crippen LogP contribution in [0.2, 0.25) is 0 Å². The number of nitrogens with two attached hydrogens (primary N) is 1. The molecule has 18 heavy (non-hydrogen) atoms. The van der Waals surface area contributed by atoms with Gasteiger partial charge >= 0.3 is 0 Å². The van der Waals surface area contributed by atoms with Gasteiger partial charge in [-0.15, -0.1) is 0 Å². The molecule has 0 aliphatic heterocycles. The summed E-state index contributed by atoms with van der Waals surface area (Å²) in [6, 6.07) is 7.85. The first-order valence-corrected chi connectivity index (χ1v) is 6.68. The maximum absolute atomic E-state index is 5.96. The number of hydrogen-bond donors (Lipinski definition) is 1. The molecule has 4 nitrogen and oxygen atoms in total. The second-order valence-electron chi connectivity index (χ2n) is 4.62. The molecule has 1 aromatic carbocycles. The van der Waals surface area contributed by atoms with Gasteiger partial charge in [0.25, 0.3) is 0 Å². The molecule has 1 heterocycles. The van der Waals surface area contributed by atoms with E-state index in [0.29, 0.717) is 18.1 Å². The van der Waals surface area contributed by atoms with Crippen LogP contribution in [-0.2, 0) is 6.42 Å². The number of halogens is 1. The van der Waals surface area contributed by atoms with Crippen LogP contribution in [0.25, 0.3) is 0 Å². The molecule has 2 rings (SSSR count). The smallest absolute Gasteiger partial charge is 0.243 e. The average molecular weight is 310 g/mol. The molecular formula is C13H16BrN3O. The molecule has 2 aromatic rings. The third kappa shape index (κ3) is 3.17. The highest BCUT2D eigenvalue weighted by molar-refractivity contribution is 9.10. The highest BCUT2D eigenvalue weighted by Crippen LogP contribution is 2.18. The van der Waals surface area contributed by atoms with Gasteiger partial charge in [-0.1, -0.05) is 47.1 Å². The van der Waals surface area contributed by atoms with Crippen LogP contribution in [-0.4, -0.2) is 10.1 Å². The van der Waals surface area contributed by atoms with Crippen LogP contribution in [0.3, 0.4) is 0 Å². The van der Waals surface area contributed by atoms with Gasteiger partial charge < -0.3 is 10.3 Å². The van der Waals surface area contributed by atoms with Crippen molar-refractivity contribution < 1.29 is 4.52 Å². The zero-order valence-electron chi connectivity index (χ0n) is 10.4. The first kappa shape index (κ1) is 13.2. The van der Waals surface area contributed by atoms with E-state index in [1.807, 2.05) is 38.1 Å². The number of aromatic nitrogens is 2. The Bertz CT molecular complexity index is 507. The zero-order valence-corrected chi connectivity index (χ0v) is 12.0. The molecule has 0 amide bonds. The SMILES string of the molecule is CC(C)[C@H](N)c1nc(Cc2ccc(Br)cc2)no1. The summed E-state index contributed by atoms with van der Waals surface area (Å²) in [7, 11) is 0. The third-order valence-corrected chi connectivity index (χ3v) is 3.29. The molecule has 0 aliphatic rings. The van der Waals surface area contributed by atoms with E-state index in [2.05, 4.69) is 26.1 Å². The molecule has 1 aromatic heterocycles. The van der Waals surface area contributed by atoms with Gasteiger partial charge in [-0.05, 0) is 23.6 Å². The van der Waals surface area contributed by atoms with Crippen molar-refractivity contribution in [1.82, 2.24) is 10.1 Å². The quantitative estimate of drug-likeness (QED) is 0.942. The first-order valence-electron chi connectivity index (χ1n) is 5.89. The van der Waals surface area contributed by atoms with Crippen LogP contribution in [0.5, 0.6) is 0 Å². The monoisotopic (exact) mass is 309 g/mol. The second kappa shape index (κ2) is 5.63. The van der Waals surface area contributed by atoms with E-state index < -0.39 is 0 Å². The summed E-state index contributed by atoms with van der Waals surface area (Å²) in [4.78, 5) is 4.33. The van der Waals surface area contributed by atoms with Gasteiger partial charge in [0.15, 0.2) is 5.82 Å². The van der Waals surface area contributed by atoms with Crippen molar-refractivity contribution in [1.29, 1.82) is 0 Å². The number of hydrogen-bond acceptors (Lipinski definition) is 4. The maximum Gasteiger partial charge on any atom is 0.243 e. The van der Waals surface area contributed by atoms with Crippen LogP contribution in [0.1, 0.15) is 37.2 Å². The predicted octanol–water partition coefficient (Wildman–Crippen LogP) is 3.08. The molecule has 5 heteroatoms. The summed E-state index contributed by atoms with van der Waals surface area (Å²) < 4.78 is 6.25. The molecule has 0 saturated heterocycles. The number of rotatable bonds is 4. The van der Waals surface area contributed by atoms with Crippen LogP contribution in [0.15, 0.2) is 33.3 Å². The Balaban J connectivity index is 2.09. The predicted molar refractivity (Wildman–Crippen MR) is 73.0 cm³/mol. The van der Waals surface area contributed by atoms with E-state index in [-0.39, 0.29) is 12.0 Å². The number of nitrogens with zero attached hydrogens (tertiary/aromatic N) is 2. The Morgan fingerprint density at radius 3 is 2.56 bits per heavy atom. The zero-order chi connectivity index (χ0) is 13.1. The second-order valence-corrected chi connectivity index (χ2v) is 5.54. The molecule has 0 unspecified atom stereocenters. The van der Waals surface area contributed by atoms with Crippen molar-refractivity contribution in [2.45, 2.75) is 26.3 Å². The highest BCUT2D eigenvalue weighted by Gasteiger charge is 2.17. The Hall–Kier alpha value is -1.20. The topological polar surface area (TPSA) is 64.9 Å². The normalized spacial score (nSPS) is 12.9. The Morgan fingerprint density at radius 2 is 1.94 bits per heavy atom. The van der Waals surface area contributed by atoms with E-state index in [1.165, 1.54) is 0 Å². The van der Waals surface area contributed by atoms with Crippen LogP contribution >= 0.6 is 15.9 Å². The molecule has 96 valence electrons. The molecule has 0 fully saturated rings. The van der Waals surface area contributed by atoms with Gasteiger partial charge in [-0.3, -0.25) is 0 Å². The summed E-state index contributed by atoms with van der Waals surface area (Å²) in [6.07, 6.45) is 0.654. The van der Waals surface area contributed by atoms with Crippen LogP contribution in [0.4, 0.5) is 0 Å². The Labute approximate surface area is 115 Å². The van der Waals surface area contributed by atoms with Crippen LogP contribution in [0, 0.1) is 5.92 Å². The summed E-state index contributed by atoms with van der Waals surface area (Å²) in [6.45, 7) is 4.06. The summed E-state index contributed by atoms with van der Waals surface area (Å²) in [5, 5.41) is 3.96. The third-order valence-electron chi connectivity index (χ3n) is 2.76. The van der Waals surface area contributed by atoms with Gasteiger partial charge in [0.2, 0.25) is 5.89 Å². The van der Waals surface area contributed by atoms with Crippen molar-refractivity contribution in [3.63, 3.8) is 0 Å². The van der Waals surface area contributed by atoms with E-state index in [1.54, 1.807) is 0 Å². The lowest BCUT2D eigenvalue weighted by Gasteiger charge is -2.09. The van der Waals surface area contributed by atoms with Crippen LogP contribution < -0.4 is 5.73 Å². The number of benzene rings is 1. The van der Waals surface area contributed by atoms with Crippen molar-refractivity contribution >= 4 is 15.9 Å². The molecule has 0 spiro atoms. The van der Waals surface area contributed by atoms with Gasteiger partial charge in [0, 0.05) is 10.9 Å². The summed E-state index contributed by atoms with van der Waals surface area (Å²) >= 11 is 3.40. The van der Waals surface area contributed by atoms with Crippen molar-refractivity contribution in [3.8, 4) is 0 Å². The minimum atomic E-state index is -0.198. The minimum absolute atomic E-state index is 0.198. The lowest BCUT2D eigenvalue weighted by molar-refractivity contribution is 0.322. The first-order chi connectivity index (χ1) is 8.56. The van der Waals surface area contributed by atoms with Gasteiger partial charge in [-0.25, -0.2) is 0 Å². The van der Waals surface area contributed by atoms with Gasteiger partial charge in [0.1, 0.15) is 0 Å². The lowest BCUT2D eigenvalue weighted by Crippen LogP contribution is -2.17. The van der Waals surface area contributed by atoms with E-state index in [0.717, 1.165) is 10.0 Å². The molecule has 1 atom stereocenters. The molecule has 0 radical (unpaired) electrons. The minimum Gasteiger partial charge on any atom is -0.338 e. The van der Waals surface area contributed by atoms with Crippen molar-refractivity contribution in [3.05, 3.63) is 46.0 Å². The van der Waals surface area contributed by atoms with E-state index in [4.69, 9.17) is 10.3 Å². The molecule has 0 saturated carbocycles. The van der Waals surface area contributed by atoms with Gasteiger partial charge in [0.05, 0.1) is 6.04 Å². The highest BCUT2D eigenvalue weighted by atomic mass is 79.9. The molecular weight excluding hydrogens is 294 g/mol. The Kier molecular flexibility index (Phi) is 4.14. The summed E-state index contributed by atoms with van der Waals surface area (Å²) in [5.74, 6) is 1.46. The van der Waals surface area contributed by atoms with E-state index in [9.17, 15) is 0 Å².